The van der Waals surface area contributed by atoms with Gasteiger partial charge in [-0.05, 0) is 24.8 Å². The van der Waals surface area contributed by atoms with E-state index in [-0.39, 0.29) is 0 Å². The van der Waals surface area contributed by atoms with Crippen LogP contribution < -0.4 is 11.1 Å². The average molecular weight is 219 g/mol. The van der Waals surface area contributed by atoms with Crippen molar-refractivity contribution in [3.05, 3.63) is 18.3 Å². The minimum Gasteiger partial charge on any atom is -0.384 e. The van der Waals surface area contributed by atoms with E-state index >= 15 is 0 Å². The molecule has 0 aliphatic heterocycles. The van der Waals surface area contributed by atoms with Gasteiger partial charge in [-0.25, -0.2) is 4.98 Å². The maximum absolute atomic E-state index is 5.68. The maximum Gasteiger partial charge on any atom is 0.125 e. The number of rotatable bonds is 2. The summed E-state index contributed by atoms with van der Waals surface area (Å²) in [5, 5.41) is 3.59. The van der Waals surface area contributed by atoms with E-state index < -0.39 is 0 Å². The monoisotopic (exact) mass is 219 g/mol. The molecule has 0 aromatic carbocycles. The molecule has 0 saturated heterocycles. The molecule has 1 aromatic heterocycles. The predicted molar refractivity (Wildman–Crippen MR) is 68.3 cm³/mol. The molecule has 2 unspecified atom stereocenters. The number of pyridine rings is 1. The lowest BCUT2D eigenvalue weighted by atomic mass is 9.97. The summed E-state index contributed by atoms with van der Waals surface area (Å²) in [6.07, 6.45) is 8.45. The van der Waals surface area contributed by atoms with Crippen molar-refractivity contribution < 1.29 is 0 Å². The first-order chi connectivity index (χ1) is 7.75. The van der Waals surface area contributed by atoms with E-state index in [1.165, 1.54) is 32.1 Å². The average Bonchev–Trinajstić information content (AvgIpc) is 2.45. The van der Waals surface area contributed by atoms with Gasteiger partial charge in [0.1, 0.15) is 5.82 Å². The molecule has 1 aromatic rings. The number of nitrogens with two attached hydrogens (primary N) is 1. The van der Waals surface area contributed by atoms with Gasteiger partial charge in [-0.1, -0.05) is 26.2 Å². The molecule has 2 atom stereocenters. The van der Waals surface area contributed by atoms with Crippen LogP contribution in [0.15, 0.2) is 18.3 Å². The van der Waals surface area contributed by atoms with Gasteiger partial charge in [0.05, 0.1) is 0 Å². The topological polar surface area (TPSA) is 50.9 Å². The smallest absolute Gasteiger partial charge is 0.125 e. The van der Waals surface area contributed by atoms with Gasteiger partial charge in [-0.2, -0.15) is 0 Å². The van der Waals surface area contributed by atoms with Gasteiger partial charge in [-0.15, -0.1) is 0 Å². The first-order valence-electron chi connectivity index (χ1n) is 6.24. The van der Waals surface area contributed by atoms with E-state index in [0.717, 1.165) is 11.6 Å². The number of anilines is 2. The molecule has 1 fully saturated rings. The third kappa shape index (κ3) is 2.87. The van der Waals surface area contributed by atoms with Crippen LogP contribution in [0.25, 0.3) is 0 Å². The second-order valence-electron chi connectivity index (χ2n) is 4.84. The molecular formula is C13H21N3. The zero-order valence-electron chi connectivity index (χ0n) is 9.95. The van der Waals surface area contributed by atoms with Crippen molar-refractivity contribution in [2.45, 2.75) is 45.1 Å². The number of nitrogen functional groups attached to an aromatic ring is 1. The number of nitrogens with zero attached hydrogens (tertiary/aromatic N) is 1. The fourth-order valence-electron chi connectivity index (χ4n) is 2.46. The van der Waals surface area contributed by atoms with Crippen molar-refractivity contribution in [3.8, 4) is 0 Å². The van der Waals surface area contributed by atoms with E-state index in [9.17, 15) is 0 Å². The van der Waals surface area contributed by atoms with Crippen LogP contribution in [0.2, 0.25) is 0 Å². The van der Waals surface area contributed by atoms with Crippen LogP contribution in [-0.2, 0) is 0 Å². The Morgan fingerprint density at radius 1 is 1.31 bits per heavy atom. The van der Waals surface area contributed by atoms with E-state index in [4.69, 9.17) is 5.73 Å². The molecule has 1 aliphatic rings. The first kappa shape index (κ1) is 11.2. The predicted octanol–water partition coefficient (Wildman–Crippen LogP) is 3.04. The van der Waals surface area contributed by atoms with Gasteiger partial charge in [-0.3, -0.25) is 0 Å². The van der Waals surface area contributed by atoms with Gasteiger partial charge < -0.3 is 11.1 Å². The minimum atomic E-state index is 0.587. The Morgan fingerprint density at radius 2 is 2.12 bits per heavy atom. The normalized spacial score (nSPS) is 26.1. The van der Waals surface area contributed by atoms with Gasteiger partial charge in [0.15, 0.2) is 0 Å². The number of hydrogen-bond acceptors (Lipinski definition) is 3. The largest absolute Gasteiger partial charge is 0.384 e. The van der Waals surface area contributed by atoms with Crippen LogP contribution in [-0.4, -0.2) is 11.0 Å². The Bertz CT molecular complexity index is 338. The van der Waals surface area contributed by atoms with Gasteiger partial charge in [0, 0.05) is 24.0 Å². The number of aromatic nitrogens is 1. The zero-order valence-corrected chi connectivity index (χ0v) is 9.95. The van der Waals surface area contributed by atoms with Crippen LogP contribution in [0.1, 0.15) is 39.0 Å². The molecule has 0 spiro atoms. The fourth-order valence-corrected chi connectivity index (χ4v) is 2.46. The summed E-state index contributed by atoms with van der Waals surface area (Å²) in [7, 11) is 0. The highest BCUT2D eigenvalue weighted by Gasteiger charge is 2.19. The minimum absolute atomic E-state index is 0.587. The van der Waals surface area contributed by atoms with Crippen LogP contribution in [0.5, 0.6) is 0 Å². The molecule has 1 saturated carbocycles. The van der Waals surface area contributed by atoms with Crippen molar-refractivity contribution in [2.24, 2.45) is 5.92 Å². The summed E-state index contributed by atoms with van der Waals surface area (Å²) >= 11 is 0. The Kier molecular flexibility index (Phi) is 3.65. The van der Waals surface area contributed by atoms with Crippen LogP contribution in [0.4, 0.5) is 11.5 Å². The SMILES string of the molecule is CC1CCCCCC1Nc1ccnc(N)c1. The molecule has 3 N–H and O–H groups in total. The summed E-state index contributed by atoms with van der Waals surface area (Å²) < 4.78 is 0. The molecule has 0 radical (unpaired) electrons. The first-order valence-corrected chi connectivity index (χ1v) is 6.24. The van der Waals surface area contributed by atoms with Crippen LogP contribution in [0, 0.1) is 5.92 Å². The van der Waals surface area contributed by atoms with Crippen LogP contribution in [0.3, 0.4) is 0 Å². The van der Waals surface area contributed by atoms with Gasteiger partial charge in [0.25, 0.3) is 0 Å². The van der Waals surface area contributed by atoms with Crippen molar-refractivity contribution >= 4 is 11.5 Å². The van der Waals surface area contributed by atoms with Gasteiger partial charge in [0.2, 0.25) is 0 Å². The third-order valence-corrected chi connectivity index (χ3v) is 3.49. The Balaban J connectivity index is 2.02. The Labute approximate surface area is 97.5 Å². The summed E-state index contributed by atoms with van der Waals surface area (Å²) in [6, 6.07) is 4.50. The third-order valence-electron chi connectivity index (χ3n) is 3.49. The van der Waals surface area contributed by atoms with Crippen molar-refractivity contribution in [2.75, 3.05) is 11.1 Å². The molecule has 16 heavy (non-hydrogen) atoms. The number of nitrogens with one attached hydrogen (secondary N) is 1. The molecule has 1 aliphatic carbocycles. The molecule has 3 nitrogen and oxygen atoms in total. The summed E-state index contributed by atoms with van der Waals surface area (Å²) in [4.78, 5) is 4.01. The molecule has 0 amide bonds. The molecule has 1 heterocycles. The molecule has 2 rings (SSSR count). The molecular weight excluding hydrogens is 198 g/mol. The second-order valence-corrected chi connectivity index (χ2v) is 4.84. The fraction of sp³-hybridized carbons (Fsp3) is 0.615. The Hall–Kier alpha value is -1.25. The highest BCUT2D eigenvalue weighted by atomic mass is 14.9. The zero-order chi connectivity index (χ0) is 11.4. The van der Waals surface area contributed by atoms with E-state index in [0.29, 0.717) is 11.9 Å². The highest BCUT2D eigenvalue weighted by molar-refractivity contribution is 5.50. The Morgan fingerprint density at radius 3 is 2.94 bits per heavy atom. The quantitative estimate of drug-likeness (QED) is 0.752. The van der Waals surface area contributed by atoms with E-state index in [1.54, 1.807) is 6.20 Å². The maximum atomic E-state index is 5.68. The highest BCUT2D eigenvalue weighted by Crippen LogP contribution is 2.26. The lowest BCUT2D eigenvalue weighted by Crippen LogP contribution is -2.26. The standard InChI is InChI=1S/C13H21N3/c1-10-5-3-2-4-6-12(10)16-11-7-8-15-13(14)9-11/h7-10,12H,2-6H2,1H3,(H3,14,15,16). The number of hydrogen-bond donors (Lipinski definition) is 2. The van der Waals surface area contributed by atoms with Gasteiger partial charge >= 0.3 is 0 Å². The summed E-state index contributed by atoms with van der Waals surface area (Å²) in [5.41, 5.74) is 6.78. The second kappa shape index (κ2) is 5.19. The lowest BCUT2D eigenvalue weighted by Gasteiger charge is -2.24. The van der Waals surface area contributed by atoms with E-state index in [1.807, 2.05) is 12.1 Å². The summed E-state index contributed by atoms with van der Waals surface area (Å²) in [5.74, 6) is 1.34. The molecule has 0 bridgehead atoms. The van der Waals surface area contributed by atoms with Crippen molar-refractivity contribution in [1.82, 2.24) is 4.98 Å². The van der Waals surface area contributed by atoms with Crippen molar-refractivity contribution in [3.63, 3.8) is 0 Å². The molecule has 88 valence electrons. The summed E-state index contributed by atoms with van der Waals surface area (Å²) in [6.45, 7) is 2.34. The van der Waals surface area contributed by atoms with Crippen molar-refractivity contribution in [1.29, 1.82) is 0 Å². The molecule has 3 heteroatoms. The lowest BCUT2D eigenvalue weighted by molar-refractivity contribution is 0.456. The van der Waals surface area contributed by atoms with Crippen LogP contribution >= 0.6 is 0 Å². The van der Waals surface area contributed by atoms with E-state index in [2.05, 4.69) is 17.2 Å².